The molecule has 2 aromatic carbocycles. The van der Waals surface area contributed by atoms with E-state index in [-0.39, 0.29) is 4.90 Å². The third-order valence-corrected chi connectivity index (χ3v) is 5.31. The second-order valence-corrected chi connectivity index (χ2v) is 13.1. The Labute approximate surface area is 151 Å². The standard InChI is InChI=1S/C19H22N2O2SSi/c1-16-10-12-18(13-11-16)24(22,23)21-20-19(14-15-25(2,3)4)17-8-6-5-7-9-17/h5-13,21H,1-4H3/b20-19-. The summed E-state index contributed by atoms with van der Waals surface area (Å²) in [6, 6.07) is 16.0. The minimum atomic E-state index is -3.73. The molecule has 0 saturated carbocycles. The summed E-state index contributed by atoms with van der Waals surface area (Å²) in [5, 5.41) is 4.09. The lowest BCUT2D eigenvalue weighted by Crippen LogP contribution is -2.21. The zero-order chi connectivity index (χ0) is 18.5. The van der Waals surface area contributed by atoms with Crippen LogP contribution in [0.25, 0.3) is 0 Å². The largest absolute Gasteiger partial charge is 0.276 e. The fourth-order valence-corrected chi connectivity index (χ4v) is 3.19. The summed E-state index contributed by atoms with van der Waals surface area (Å²) >= 11 is 0. The van der Waals surface area contributed by atoms with Crippen LogP contribution in [0.2, 0.25) is 19.6 Å². The third-order valence-electron chi connectivity index (χ3n) is 3.21. The van der Waals surface area contributed by atoms with Crippen molar-refractivity contribution < 1.29 is 8.42 Å². The molecule has 0 heterocycles. The van der Waals surface area contributed by atoms with Crippen LogP contribution >= 0.6 is 0 Å². The second kappa shape index (κ2) is 7.68. The minimum absolute atomic E-state index is 0.174. The lowest BCUT2D eigenvalue weighted by molar-refractivity contribution is 0.584. The van der Waals surface area contributed by atoms with Crippen molar-refractivity contribution in [3.63, 3.8) is 0 Å². The number of nitrogens with one attached hydrogen (secondary N) is 1. The number of benzene rings is 2. The Bertz CT molecular complexity index is 917. The van der Waals surface area contributed by atoms with Gasteiger partial charge in [0.1, 0.15) is 13.8 Å². The maximum atomic E-state index is 12.4. The Morgan fingerprint density at radius 3 is 2.16 bits per heavy atom. The molecule has 0 spiro atoms. The van der Waals surface area contributed by atoms with Crippen LogP contribution in [-0.4, -0.2) is 22.2 Å². The molecular formula is C19H22N2O2SSi. The van der Waals surface area contributed by atoms with Gasteiger partial charge in [0.05, 0.1) is 4.90 Å². The smallest absolute Gasteiger partial charge is 0.200 e. The van der Waals surface area contributed by atoms with Gasteiger partial charge in [-0.2, -0.15) is 18.4 Å². The first kappa shape index (κ1) is 19.0. The lowest BCUT2D eigenvalue weighted by Gasteiger charge is -2.07. The maximum absolute atomic E-state index is 12.4. The number of hydrogen-bond acceptors (Lipinski definition) is 3. The molecule has 0 aliphatic heterocycles. The van der Waals surface area contributed by atoms with Gasteiger partial charge < -0.3 is 0 Å². The van der Waals surface area contributed by atoms with Crippen LogP contribution in [0, 0.1) is 18.4 Å². The van der Waals surface area contributed by atoms with E-state index >= 15 is 0 Å². The first-order valence-electron chi connectivity index (χ1n) is 7.92. The summed E-state index contributed by atoms with van der Waals surface area (Å²) in [7, 11) is -5.35. The van der Waals surface area contributed by atoms with Crippen LogP contribution in [0.5, 0.6) is 0 Å². The summed E-state index contributed by atoms with van der Waals surface area (Å²) in [6.45, 7) is 8.28. The second-order valence-electron chi connectivity index (χ2n) is 6.73. The van der Waals surface area contributed by atoms with E-state index in [0.717, 1.165) is 11.1 Å². The van der Waals surface area contributed by atoms with E-state index in [1.54, 1.807) is 24.3 Å². The average molecular weight is 371 g/mol. The molecule has 25 heavy (non-hydrogen) atoms. The molecule has 4 nitrogen and oxygen atoms in total. The minimum Gasteiger partial charge on any atom is -0.200 e. The van der Waals surface area contributed by atoms with Crippen LogP contribution in [0.3, 0.4) is 0 Å². The molecule has 1 N–H and O–H groups in total. The van der Waals surface area contributed by atoms with Gasteiger partial charge in [0.15, 0.2) is 0 Å². The van der Waals surface area contributed by atoms with Crippen LogP contribution < -0.4 is 4.83 Å². The Kier molecular flexibility index (Phi) is 5.83. The highest BCUT2D eigenvalue weighted by Crippen LogP contribution is 2.10. The summed E-state index contributed by atoms with van der Waals surface area (Å²) in [4.78, 5) is 2.48. The van der Waals surface area contributed by atoms with Gasteiger partial charge in [-0.05, 0) is 19.1 Å². The monoisotopic (exact) mass is 370 g/mol. The molecule has 0 atom stereocenters. The SMILES string of the molecule is Cc1ccc(S(=O)(=O)N/N=C(/C#C[Si](C)(C)C)c2ccccc2)cc1. The van der Waals surface area contributed by atoms with E-state index in [9.17, 15) is 8.42 Å². The van der Waals surface area contributed by atoms with Crippen LogP contribution in [0.4, 0.5) is 0 Å². The Balaban J connectivity index is 2.37. The predicted octanol–water partition coefficient (Wildman–Crippen LogP) is 3.56. The predicted molar refractivity (Wildman–Crippen MR) is 106 cm³/mol. The zero-order valence-corrected chi connectivity index (χ0v) is 16.7. The normalized spacial score (nSPS) is 12.2. The molecule has 130 valence electrons. The summed E-state index contributed by atoms with van der Waals surface area (Å²) in [6.07, 6.45) is 0. The van der Waals surface area contributed by atoms with Crippen molar-refractivity contribution >= 4 is 23.8 Å². The molecule has 2 rings (SSSR count). The van der Waals surface area contributed by atoms with Crippen molar-refractivity contribution in [2.24, 2.45) is 5.10 Å². The van der Waals surface area contributed by atoms with Crippen molar-refractivity contribution in [1.82, 2.24) is 4.83 Å². The first-order chi connectivity index (χ1) is 11.7. The Hall–Kier alpha value is -2.36. The zero-order valence-electron chi connectivity index (χ0n) is 14.9. The summed E-state index contributed by atoms with van der Waals surface area (Å²) in [5.74, 6) is 3.04. The fraction of sp³-hybridized carbons (Fsp3) is 0.211. The van der Waals surface area contributed by atoms with Crippen molar-refractivity contribution in [3.8, 4) is 11.5 Å². The average Bonchev–Trinajstić information content (AvgIpc) is 2.55. The molecule has 0 fully saturated rings. The molecule has 2 aromatic rings. The van der Waals surface area contributed by atoms with E-state index in [4.69, 9.17) is 0 Å². The van der Waals surface area contributed by atoms with Crippen molar-refractivity contribution in [3.05, 3.63) is 65.7 Å². The van der Waals surface area contributed by atoms with Gasteiger partial charge in [-0.15, -0.1) is 5.54 Å². The van der Waals surface area contributed by atoms with E-state index in [1.807, 2.05) is 37.3 Å². The summed E-state index contributed by atoms with van der Waals surface area (Å²) in [5.41, 5.74) is 5.41. The van der Waals surface area contributed by atoms with Crippen LogP contribution in [0.15, 0.2) is 64.6 Å². The Morgan fingerprint density at radius 2 is 1.60 bits per heavy atom. The fourth-order valence-electron chi connectivity index (χ4n) is 1.88. The highest BCUT2D eigenvalue weighted by molar-refractivity contribution is 7.89. The highest BCUT2D eigenvalue weighted by Gasteiger charge is 2.14. The molecule has 0 aliphatic rings. The first-order valence-corrected chi connectivity index (χ1v) is 12.9. The number of rotatable bonds is 4. The Morgan fingerprint density at radius 1 is 1.00 bits per heavy atom. The van der Waals surface area contributed by atoms with Gasteiger partial charge in [0.2, 0.25) is 0 Å². The van der Waals surface area contributed by atoms with E-state index < -0.39 is 18.1 Å². The van der Waals surface area contributed by atoms with Crippen molar-refractivity contribution in [1.29, 1.82) is 0 Å². The number of aryl methyl sites for hydroxylation is 1. The molecule has 0 aromatic heterocycles. The lowest BCUT2D eigenvalue weighted by atomic mass is 10.1. The quantitative estimate of drug-likeness (QED) is 0.387. The van der Waals surface area contributed by atoms with Crippen LogP contribution in [0.1, 0.15) is 11.1 Å². The molecule has 0 radical (unpaired) electrons. The topological polar surface area (TPSA) is 58.5 Å². The molecule has 0 aliphatic carbocycles. The molecular weight excluding hydrogens is 348 g/mol. The number of sulfonamides is 1. The maximum Gasteiger partial charge on any atom is 0.276 e. The molecule has 0 amide bonds. The molecule has 0 bridgehead atoms. The van der Waals surface area contributed by atoms with E-state index in [0.29, 0.717) is 5.71 Å². The van der Waals surface area contributed by atoms with Crippen molar-refractivity contribution in [2.75, 3.05) is 0 Å². The molecule has 6 heteroatoms. The molecule has 0 saturated heterocycles. The van der Waals surface area contributed by atoms with Crippen LogP contribution in [-0.2, 0) is 10.0 Å². The van der Waals surface area contributed by atoms with Gasteiger partial charge >= 0.3 is 0 Å². The third kappa shape index (κ3) is 5.89. The van der Waals surface area contributed by atoms with Gasteiger partial charge in [0.25, 0.3) is 10.0 Å². The van der Waals surface area contributed by atoms with Crippen molar-refractivity contribution in [2.45, 2.75) is 31.5 Å². The van der Waals surface area contributed by atoms with E-state index in [2.05, 4.69) is 41.0 Å². The highest BCUT2D eigenvalue weighted by atomic mass is 32.2. The molecule has 0 unspecified atom stereocenters. The van der Waals surface area contributed by atoms with Gasteiger partial charge in [0, 0.05) is 5.56 Å². The summed E-state index contributed by atoms with van der Waals surface area (Å²) < 4.78 is 24.8. The van der Waals surface area contributed by atoms with E-state index in [1.165, 1.54) is 0 Å². The van der Waals surface area contributed by atoms with Gasteiger partial charge in [-0.3, -0.25) is 0 Å². The number of hydrogen-bond donors (Lipinski definition) is 1. The number of hydrazone groups is 1. The van der Waals surface area contributed by atoms with Gasteiger partial charge in [-0.25, -0.2) is 0 Å². The number of nitrogens with zero attached hydrogens (tertiary/aromatic N) is 1. The van der Waals surface area contributed by atoms with Gasteiger partial charge in [-0.1, -0.05) is 73.6 Å².